The van der Waals surface area contributed by atoms with E-state index in [0.29, 0.717) is 12.5 Å². The molecule has 4 nitrogen and oxygen atoms in total. The number of pyridine rings is 1. The van der Waals surface area contributed by atoms with Crippen LogP contribution in [-0.4, -0.2) is 42.6 Å². The Balaban J connectivity index is 1.57. The molecule has 27 heavy (non-hydrogen) atoms. The van der Waals surface area contributed by atoms with Crippen LogP contribution >= 0.6 is 0 Å². The molecule has 1 atom stereocenters. The first-order valence-corrected chi connectivity index (χ1v) is 9.92. The molecule has 1 saturated carbocycles. The molecule has 1 aliphatic carbocycles. The van der Waals surface area contributed by atoms with Gasteiger partial charge in [0.25, 0.3) is 0 Å². The van der Waals surface area contributed by atoms with Gasteiger partial charge < -0.3 is 9.64 Å². The number of hydrogen-bond acceptors (Lipinski definition) is 4. The third-order valence-electron chi connectivity index (χ3n) is 6.55. The number of fused-ring (bicyclic) bond motifs is 1. The predicted molar refractivity (Wildman–Crippen MR) is 103 cm³/mol. The Morgan fingerprint density at radius 1 is 1.33 bits per heavy atom. The fourth-order valence-corrected chi connectivity index (χ4v) is 5.29. The van der Waals surface area contributed by atoms with E-state index in [-0.39, 0.29) is 23.1 Å². The van der Waals surface area contributed by atoms with Gasteiger partial charge in [-0.15, -0.1) is 0 Å². The van der Waals surface area contributed by atoms with E-state index in [9.17, 15) is 9.18 Å². The molecule has 5 heteroatoms. The zero-order valence-corrected chi connectivity index (χ0v) is 16.1. The number of rotatable bonds is 3. The first-order valence-electron chi connectivity index (χ1n) is 9.92. The average molecular weight is 370 g/mol. The standard InChI is InChI=1S/C22H27FN2O2/c1-3-27-21(26)19-13-25(2)14-22(19)9-6-15(7-10-22)17-8-11-24-20-5-4-16(23)12-18(17)20/h4-5,8,11-12,15,19H,3,6-7,9-10,13-14H2,1-2H3. The number of nitrogens with zero attached hydrogens (tertiary/aromatic N) is 2. The minimum atomic E-state index is -0.219. The Morgan fingerprint density at radius 3 is 2.85 bits per heavy atom. The average Bonchev–Trinajstić information content (AvgIpc) is 2.98. The van der Waals surface area contributed by atoms with E-state index in [4.69, 9.17) is 4.74 Å². The molecular weight excluding hydrogens is 343 g/mol. The van der Waals surface area contributed by atoms with E-state index in [2.05, 4.69) is 16.9 Å². The molecule has 1 aliphatic heterocycles. The molecule has 2 aliphatic rings. The SMILES string of the molecule is CCOC(=O)C1CN(C)CC12CCC(c1ccnc3ccc(F)cc13)CC2. The second-order valence-corrected chi connectivity index (χ2v) is 8.20. The van der Waals surface area contributed by atoms with E-state index in [1.54, 1.807) is 12.1 Å². The van der Waals surface area contributed by atoms with Crippen LogP contribution < -0.4 is 0 Å². The van der Waals surface area contributed by atoms with Crippen molar-refractivity contribution in [2.75, 3.05) is 26.7 Å². The summed E-state index contributed by atoms with van der Waals surface area (Å²) >= 11 is 0. The van der Waals surface area contributed by atoms with Gasteiger partial charge in [-0.2, -0.15) is 0 Å². The number of likely N-dealkylation sites (tertiary alicyclic amines) is 1. The lowest BCUT2D eigenvalue weighted by molar-refractivity contribution is -0.152. The van der Waals surface area contributed by atoms with Crippen molar-refractivity contribution in [3.8, 4) is 0 Å². The highest BCUT2D eigenvalue weighted by atomic mass is 19.1. The van der Waals surface area contributed by atoms with E-state index < -0.39 is 0 Å². The Bertz CT molecular complexity index is 845. The van der Waals surface area contributed by atoms with Crippen LogP contribution in [0.1, 0.15) is 44.1 Å². The largest absolute Gasteiger partial charge is 0.466 e. The Morgan fingerprint density at radius 2 is 2.11 bits per heavy atom. The fraction of sp³-hybridized carbons (Fsp3) is 0.545. The van der Waals surface area contributed by atoms with Gasteiger partial charge in [-0.25, -0.2) is 4.39 Å². The van der Waals surface area contributed by atoms with Crippen LogP contribution in [-0.2, 0) is 9.53 Å². The van der Waals surface area contributed by atoms with Gasteiger partial charge in [-0.3, -0.25) is 9.78 Å². The number of benzene rings is 1. The molecule has 1 saturated heterocycles. The van der Waals surface area contributed by atoms with Crippen LogP contribution in [0.4, 0.5) is 4.39 Å². The smallest absolute Gasteiger partial charge is 0.310 e. The minimum Gasteiger partial charge on any atom is -0.466 e. The van der Waals surface area contributed by atoms with Crippen molar-refractivity contribution >= 4 is 16.9 Å². The highest BCUT2D eigenvalue weighted by molar-refractivity contribution is 5.82. The second kappa shape index (κ2) is 7.19. The highest BCUT2D eigenvalue weighted by Gasteiger charge is 2.51. The van der Waals surface area contributed by atoms with Crippen LogP contribution in [0.5, 0.6) is 0 Å². The number of ether oxygens (including phenoxy) is 1. The molecule has 2 heterocycles. The molecule has 1 unspecified atom stereocenters. The van der Waals surface area contributed by atoms with Crippen molar-refractivity contribution in [1.82, 2.24) is 9.88 Å². The molecular formula is C22H27FN2O2. The van der Waals surface area contributed by atoms with Gasteiger partial charge in [0, 0.05) is 24.7 Å². The molecule has 1 aromatic carbocycles. The number of halogens is 1. The van der Waals surface area contributed by atoms with Crippen molar-refractivity contribution in [3.05, 3.63) is 41.8 Å². The van der Waals surface area contributed by atoms with Crippen LogP contribution in [0, 0.1) is 17.2 Å². The lowest BCUT2D eigenvalue weighted by atomic mass is 9.64. The summed E-state index contributed by atoms with van der Waals surface area (Å²) in [4.78, 5) is 19.2. The van der Waals surface area contributed by atoms with Crippen LogP contribution in [0.3, 0.4) is 0 Å². The predicted octanol–water partition coefficient (Wildman–Crippen LogP) is 4.14. The van der Waals surface area contributed by atoms with E-state index in [0.717, 1.165) is 49.7 Å². The van der Waals surface area contributed by atoms with Crippen molar-refractivity contribution in [2.45, 2.75) is 38.5 Å². The summed E-state index contributed by atoms with van der Waals surface area (Å²) in [5.74, 6) is 0.0901. The summed E-state index contributed by atoms with van der Waals surface area (Å²) in [6, 6.07) is 6.86. The van der Waals surface area contributed by atoms with Gasteiger partial charge in [-0.05, 0) is 80.8 Å². The molecule has 0 amide bonds. The molecule has 1 spiro atoms. The Hall–Kier alpha value is -2.01. The molecule has 4 rings (SSSR count). The van der Waals surface area contributed by atoms with Crippen molar-refractivity contribution in [1.29, 1.82) is 0 Å². The molecule has 1 aromatic heterocycles. The van der Waals surface area contributed by atoms with Crippen molar-refractivity contribution in [3.63, 3.8) is 0 Å². The van der Waals surface area contributed by atoms with Gasteiger partial charge >= 0.3 is 5.97 Å². The molecule has 2 fully saturated rings. The van der Waals surface area contributed by atoms with E-state index in [1.807, 2.05) is 19.2 Å². The number of esters is 1. The number of carbonyl (C=O) groups is 1. The topological polar surface area (TPSA) is 42.4 Å². The molecule has 144 valence electrons. The molecule has 0 N–H and O–H groups in total. The Kier molecular flexibility index (Phi) is 4.89. The molecule has 0 radical (unpaired) electrons. The number of aromatic nitrogens is 1. The highest BCUT2D eigenvalue weighted by Crippen LogP contribution is 2.51. The van der Waals surface area contributed by atoms with Crippen molar-refractivity contribution in [2.24, 2.45) is 11.3 Å². The summed E-state index contributed by atoms with van der Waals surface area (Å²) in [5, 5.41) is 0.920. The number of hydrogen-bond donors (Lipinski definition) is 0. The lowest BCUT2D eigenvalue weighted by Gasteiger charge is -2.40. The zero-order chi connectivity index (χ0) is 19.0. The third-order valence-corrected chi connectivity index (χ3v) is 6.55. The monoisotopic (exact) mass is 370 g/mol. The van der Waals surface area contributed by atoms with Gasteiger partial charge in [0.1, 0.15) is 5.82 Å². The minimum absolute atomic E-state index is 0.0194. The summed E-state index contributed by atoms with van der Waals surface area (Å²) < 4.78 is 19.2. The van der Waals surface area contributed by atoms with E-state index in [1.165, 1.54) is 11.6 Å². The maximum Gasteiger partial charge on any atom is 0.310 e. The second-order valence-electron chi connectivity index (χ2n) is 8.20. The molecule has 0 bridgehead atoms. The van der Waals surface area contributed by atoms with Gasteiger partial charge in [-0.1, -0.05) is 0 Å². The summed E-state index contributed by atoms with van der Waals surface area (Å²) in [7, 11) is 2.09. The van der Waals surface area contributed by atoms with Crippen LogP contribution in [0.15, 0.2) is 30.5 Å². The Labute approximate surface area is 159 Å². The van der Waals surface area contributed by atoms with Crippen LogP contribution in [0.2, 0.25) is 0 Å². The quantitative estimate of drug-likeness (QED) is 0.762. The number of carbonyl (C=O) groups excluding carboxylic acids is 1. The van der Waals surface area contributed by atoms with Crippen LogP contribution in [0.25, 0.3) is 10.9 Å². The fourth-order valence-electron chi connectivity index (χ4n) is 5.29. The maximum atomic E-state index is 13.8. The summed E-state index contributed by atoms with van der Waals surface area (Å²) in [5.41, 5.74) is 2.05. The summed E-state index contributed by atoms with van der Waals surface area (Å²) in [6.45, 7) is 4.04. The van der Waals surface area contributed by atoms with Gasteiger partial charge in [0.2, 0.25) is 0 Å². The zero-order valence-electron chi connectivity index (χ0n) is 16.1. The lowest BCUT2D eigenvalue weighted by Crippen LogP contribution is -2.39. The normalized spacial score (nSPS) is 28.7. The maximum absolute atomic E-state index is 13.8. The van der Waals surface area contributed by atoms with Crippen molar-refractivity contribution < 1.29 is 13.9 Å². The summed E-state index contributed by atoms with van der Waals surface area (Å²) in [6.07, 6.45) is 5.86. The first kappa shape index (κ1) is 18.4. The van der Waals surface area contributed by atoms with Gasteiger partial charge in [0.05, 0.1) is 18.0 Å². The van der Waals surface area contributed by atoms with E-state index >= 15 is 0 Å². The van der Waals surface area contributed by atoms with Gasteiger partial charge in [0.15, 0.2) is 0 Å². The first-order chi connectivity index (χ1) is 13.0. The molecule has 2 aromatic rings. The third kappa shape index (κ3) is 3.33.